The van der Waals surface area contributed by atoms with Crippen LogP contribution in [0, 0.1) is 34.6 Å². The van der Waals surface area contributed by atoms with Gasteiger partial charge in [0, 0.05) is 11.1 Å². The van der Waals surface area contributed by atoms with Crippen LogP contribution < -0.4 is 4.90 Å². The molecule has 0 fully saturated rings. The number of hydrogen-bond donors (Lipinski definition) is 0. The monoisotopic (exact) mass is 569 g/mol. The second kappa shape index (κ2) is 9.99. The van der Waals surface area contributed by atoms with Crippen molar-refractivity contribution in [1.29, 1.82) is 0 Å². The minimum Gasteiger partial charge on any atom is -0.456 e. The topological polar surface area (TPSA) is 16.4 Å². The smallest absolute Gasteiger partial charge is 0.137 e. The maximum Gasteiger partial charge on any atom is 0.137 e. The van der Waals surface area contributed by atoms with Gasteiger partial charge in [-0.25, -0.2) is 0 Å². The summed E-state index contributed by atoms with van der Waals surface area (Å²) in [5.41, 5.74) is 20.0. The number of furan rings is 1. The molecule has 1 aliphatic rings. The Morgan fingerprint density at radius 3 is 2.02 bits per heavy atom. The molecule has 0 N–H and O–H groups in total. The zero-order chi connectivity index (χ0) is 30.1. The molecular weight excluding hydrogens is 534 g/mol. The Kier molecular flexibility index (Phi) is 6.03. The number of anilines is 3. The first kappa shape index (κ1) is 26.5. The van der Waals surface area contributed by atoms with Gasteiger partial charge in [-0.1, -0.05) is 78.9 Å². The maximum absolute atomic E-state index is 6.39. The molecule has 1 heterocycles. The molecule has 2 nitrogen and oxygen atoms in total. The van der Waals surface area contributed by atoms with E-state index >= 15 is 0 Å². The van der Waals surface area contributed by atoms with E-state index in [1.165, 1.54) is 66.9 Å². The van der Waals surface area contributed by atoms with Gasteiger partial charge in [0.2, 0.25) is 0 Å². The molecule has 2 heteroatoms. The Hall–Kier alpha value is -5.08. The summed E-state index contributed by atoms with van der Waals surface area (Å²) in [5.74, 6) is 0. The van der Waals surface area contributed by atoms with Gasteiger partial charge in [-0.15, -0.1) is 0 Å². The summed E-state index contributed by atoms with van der Waals surface area (Å²) >= 11 is 0. The van der Waals surface area contributed by atoms with E-state index in [0.717, 1.165) is 39.7 Å². The number of benzene rings is 6. The van der Waals surface area contributed by atoms with Crippen molar-refractivity contribution in [3.05, 3.63) is 148 Å². The molecule has 1 aromatic heterocycles. The van der Waals surface area contributed by atoms with E-state index in [-0.39, 0.29) is 0 Å². The van der Waals surface area contributed by atoms with Crippen LogP contribution in [-0.4, -0.2) is 0 Å². The molecule has 6 aromatic carbocycles. The van der Waals surface area contributed by atoms with Crippen LogP contribution in [0.25, 0.3) is 44.2 Å². The third-order valence-electron chi connectivity index (χ3n) is 10.1. The van der Waals surface area contributed by atoms with Crippen LogP contribution in [0.5, 0.6) is 0 Å². The van der Waals surface area contributed by atoms with Gasteiger partial charge in [0.15, 0.2) is 0 Å². The van der Waals surface area contributed by atoms with Crippen LogP contribution in [0.2, 0.25) is 0 Å². The van der Waals surface area contributed by atoms with Crippen molar-refractivity contribution in [2.45, 2.75) is 41.0 Å². The Morgan fingerprint density at radius 2 is 1.18 bits per heavy atom. The van der Waals surface area contributed by atoms with Crippen molar-refractivity contribution in [2.24, 2.45) is 0 Å². The predicted molar refractivity (Wildman–Crippen MR) is 186 cm³/mol. The fourth-order valence-corrected chi connectivity index (χ4v) is 7.39. The van der Waals surface area contributed by atoms with Crippen molar-refractivity contribution in [3.63, 3.8) is 0 Å². The van der Waals surface area contributed by atoms with Crippen LogP contribution in [0.4, 0.5) is 17.1 Å². The highest BCUT2D eigenvalue weighted by molar-refractivity contribution is 6.13. The highest BCUT2D eigenvalue weighted by Crippen LogP contribution is 2.48. The first-order valence-electron chi connectivity index (χ1n) is 15.5. The average Bonchev–Trinajstić information content (AvgIpc) is 3.63. The van der Waals surface area contributed by atoms with Gasteiger partial charge in [0.25, 0.3) is 0 Å². The quantitative estimate of drug-likeness (QED) is 0.210. The summed E-state index contributed by atoms with van der Waals surface area (Å²) in [6, 6.07) is 39.5. The van der Waals surface area contributed by atoms with Gasteiger partial charge in [-0.3, -0.25) is 0 Å². The lowest BCUT2D eigenvalue weighted by atomic mass is 9.91. The third kappa shape index (κ3) is 3.87. The molecular formula is C42H35NO. The molecule has 0 saturated carbocycles. The summed E-state index contributed by atoms with van der Waals surface area (Å²) in [5, 5.41) is 2.27. The van der Waals surface area contributed by atoms with E-state index in [1.807, 2.05) is 6.07 Å². The van der Waals surface area contributed by atoms with Gasteiger partial charge < -0.3 is 9.32 Å². The SMILES string of the molecule is Cc1c(C)c(C)c(N(c2cccc(-c3cccc4c3Cc3ccccc3-4)c2)c2cccc3oc4ccccc4c23)c(C)c1C. The Balaban J connectivity index is 1.40. The molecule has 0 unspecified atom stereocenters. The molecule has 0 aliphatic heterocycles. The highest BCUT2D eigenvalue weighted by atomic mass is 16.3. The summed E-state index contributed by atoms with van der Waals surface area (Å²) in [7, 11) is 0. The fourth-order valence-electron chi connectivity index (χ4n) is 7.39. The van der Waals surface area contributed by atoms with Crippen LogP contribution in [0.3, 0.4) is 0 Å². The van der Waals surface area contributed by atoms with E-state index in [4.69, 9.17) is 4.42 Å². The minimum absolute atomic E-state index is 0.902. The molecule has 0 radical (unpaired) electrons. The van der Waals surface area contributed by atoms with Crippen molar-refractivity contribution < 1.29 is 4.42 Å². The normalized spacial score (nSPS) is 12.1. The number of rotatable bonds is 4. The second-order valence-corrected chi connectivity index (χ2v) is 12.3. The van der Waals surface area contributed by atoms with Crippen molar-refractivity contribution in [1.82, 2.24) is 0 Å². The molecule has 0 spiro atoms. The molecule has 0 amide bonds. The lowest BCUT2D eigenvalue weighted by Gasteiger charge is -2.32. The van der Waals surface area contributed by atoms with Crippen molar-refractivity contribution in [3.8, 4) is 22.3 Å². The van der Waals surface area contributed by atoms with Crippen LogP contribution in [0.15, 0.2) is 114 Å². The summed E-state index contributed by atoms with van der Waals surface area (Å²) in [4.78, 5) is 2.48. The summed E-state index contributed by atoms with van der Waals surface area (Å²) < 4.78 is 6.39. The molecule has 8 rings (SSSR count). The fraction of sp³-hybridized carbons (Fsp3) is 0.143. The lowest BCUT2D eigenvalue weighted by Crippen LogP contribution is -2.15. The Labute approximate surface area is 259 Å². The van der Waals surface area contributed by atoms with Gasteiger partial charge in [-0.2, -0.15) is 0 Å². The number of nitrogens with zero attached hydrogens (tertiary/aromatic N) is 1. The van der Waals surface area contributed by atoms with Crippen molar-refractivity contribution in [2.75, 3.05) is 4.90 Å². The zero-order valence-corrected chi connectivity index (χ0v) is 26.0. The molecule has 1 aliphatic carbocycles. The van der Waals surface area contributed by atoms with Crippen LogP contribution in [-0.2, 0) is 6.42 Å². The first-order valence-corrected chi connectivity index (χ1v) is 15.5. The van der Waals surface area contributed by atoms with E-state index in [9.17, 15) is 0 Å². The number of fused-ring (bicyclic) bond motifs is 6. The largest absolute Gasteiger partial charge is 0.456 e. The molecule has 0 atom stereocenters. The average molecular weight is 570 g/mol. The van der Waals surface area contributed by atoms with E-state index in [1.54, 1.807) is 0 Å². The van der Waals surface area contributed by atoms with E-state index in [0.29, 0.717) is 0 Å². The maximum atomic E-state index is 6.39. The zero-order valence-electron chi connectivity index (χ0n) is 26.0. The molecule has 0 saturated heterocycles. The molecule has 0 bridgehead atoms. The predicted octanol–water partition coefficient (Wildman–Crippen LogP) is 11.8. The van der Waals surface area contributed by atoms with Crippen LogP contribution >= 0.6 is 0 Å². The van der Waals surface area contributed by atoms with Gasteiger partial charge in [0.05, 0.1) is 16.8 Å². The lowest BCUT2D eigenvalue weighted by molar-refractivity contribution is 0.669. The summed E-state index contributed by atoms with van der Waals surface area (Å²) in [6.45, 7) is 11.3. The van der Waals surface area contributed by atoms with Gasteiger partial charge in [-0.05, 0) is 133 Å². The standard InChI is InChI=1S/C42H35NO/c1-25-26(2)28(4)42(29(5)27(25)3)43(38-20-12-22-40-41(38)36-17-8-9-21-39(36)44-40)32-15-10-14-30(23-32)34-18-11-19-35-33-16-7-6-13-31(33)24-37(34)35/h6-23H,24H2,1-5H3. The minimum atomic E-state index is 0.902. The first-order chi connectivity index (χ1) is 21.4. The Morgan fingerprint density at radius 1 is 0.545 bits per heavy atom. The van der Waals surface area contributed by atoms with Gasteiger partial charge >= 0.3 is 0 Å². The molecule has 214 valence electrons. The highest BCUT2D eigenvalue weighted by Gasteiger charge is 2.26. The van der Waals surface area contributed by atoms with E-state index < -0.39 is 0 Å². The number of hydrogen-bond acceptors (Lipinski definition) is 2. The number of para-hydroxylation sites is 1. The van der Waals surface area contributed by atoms with E-state index in [2.05, 4.69) is 143 Å². The van der Waals surface area contributed by atoms with Crippen LogP contribution in [0.1, 0.15) is 38.9 Å². The molecule has 7 aromatic rings. The Bertz CT molecular complexity index is 2240. The molecule has 44 heavy (non-hydrogen) atoms. The van der Waals surface area contributed by atoms with Crippen molar-refractivity contribution >= 4 is 39.0 Å². The van der Waals surface area contributed by atoms with Gasteiger partial charge in [0.1, 0.15) is 11.2 Å². The summed E-state index contributed by atoms with van der Waals surface area (Å²) in [6.07, 6.45) is 0.963. The third-order valence-corrected chi connectivity index (χ3v) is 10.1. The second-order valence-electron chi connectivity index (χ2n) is 12.3.